The highest BCUT2D eigenvalue weighted by molar-refractivity contribution is 6.30. The summed E-state index contributed by atoms with van der Waals surface area (Å²) in [5, 5.41) is 14.2. The molecule has 0 amide bonds. The molecule has 6 heteroatoms. The molecule has 29 heavy (non-hydrogen) atoms. The molecule has 0 saturated carbocycles. The minimum atomic E-state index is 0.208. The Labute approximate surface area is 173 Å². The van der Waals surface area contributed by atoms with Gasteiger partial charge < -0.3 is 5.11 Å². The molecule has 142 valence electrons. The highest BCUT2D eigenvalue weighted by Crippen LogP contribution is 2.26. The SMILES string of the molecule is Oc1ccc(C=NNc2nc(-c3ccccc3)cc(-c3cccc(Cl)c3)n2)cc1. The molecule has 3 aromatic carbocycles. The van der Waals surface area contributed by atoms with Crippen molar-refractivity contribution in [2.24, 2.45) is 5.10 Å². The normalized spacial score (nSPS) is 10.9. The Morgan fingerprint density at radius 3 is 2.21 bits per heavy atom. The largest absolute Gasteiger partial charge is 0.508 e. The number of rotatable bonds is 5. The lowest BCUT2D eigenvalue weighted by Crippen LogP contribution is -2.00. The van der Waals surface area contributed by atoms with Crippen molar-refractivity contribution in [3.63, 3.8) is 0 Å². The summed E-state index contributed by atoms with van der Waals surface area (Å²) in [6, 6.07) is 26.1. The molecular formula is C23H17ClN4O. The zero-order valence-electron chi connectivity index (χ0n) is 15.3. The fourth-order valence-corrected chi connectivity index (χ4v) is 2.96. The highest BCUT2D eigenvalue weighted by atomic mass is 35.5. The van der Waals surface area contributed by atoms with Gasteiger partial charge in [-0.05, 0) is 48.0 Å². The summed E-state index contributed by atoms with van der Waals surface area (Å²) in [5.41, 5.74) is 7.11. The molecule has 0 unspecified atom stereocenters. The Bertz CT molecular complexity index is 1150. The van der Waals surface area contributed by atoms with Crippen molar-refractivity contribution in [3.05, 3.63) is 95.5 Å². The number of phenolic OH excluding ortho intramolecular Hbond substituents is 1. The molecule has 1 heterocycles. The van der Waals surface area contributed by atoms with Gasteiger partial charge in [0.1, 0.15) is 5.75 Å². The van der Waals surface area contributed by atoms with E-state index in [9.17, 15) is 5.11 Å². The lowest BCUT2D eigenvalue weighted by Gasteiger charge is -2.08. The second-order valence-electron chi connectivity index (χ2n) is 6.30. The molecule has 0 spiro atoms. The van der Waals surface area contributed by atoms with Crippen molar-refractivity contribution >= 4 is 23.8 Å². The number of nitrogens with one attached hydrogen (secondary N) is 1. The number of hydrogen-bond acceptors (Lipinski definition) is 5. The van der Waals surface area contributed by atoms with Crippen molar-refractivity contribution in [2.45, 2.75) is 0 Å². The van der Waals surface area contributed by atoms with Gasteiger partial charge in [0.05, 0.1) is 17.6 Å². The average Bonchev–Trinajstić information content (AvgIpc) is 2.76. The monoisotopic (exact) mass is 400 g/mol. The summed E-state index contributed by atoms with van der Waals surface area (Å²) in [6.07, 6.45) is 1.64. The van der Waals surface area contributed by atoms with E-state index in [4.69, 9.17) is 11.6 Å². The first-order valence-electron chi connectivity index (χ1n) is 8.96. The molecule has 0 aliphatic heterocycles. The number of aromatic nitrogens is 2. The smallest absolute Gasteiger partial charge is 0.244 e. The van der Waals surface area contributed by atoms with Crippen LogP contribution in [0.2, 0.25) is 5.02 Å². The quantitative estimate of drug-likeness (QED) is 0.337. The lowest BCUT2D eigenvalue weighted by atomic mass is 10.1. The molecule has 4 rings (SSSR count). The number of halogens is 1. The highest BCUT2D eigenvalue weighted by Gasteiger charge is 2.09. The van der Waals surface area contributed by atoms with Gasteiger partial charge in [-0.3, -0.25) is 0 Å². The molecule has 0 radical (unpaired) electrons. The predicted octanol–water partition coefficient (Wildman–Crippen LogP) is 5.62. The molecule has 2 N–H and O–H groups in total. The maximum Gasteiger partial charge on any atom is 0.244 e. The number of aromatic hydroxyl groups is 1. The minimum Gasteiger partial charge on any atom is -0.508 e. The van der Waals surface area contributed by atoms with Gasteiger partial charge in [-0.25, -0.2) is 15.4 Å². The fraction of sp³-hybridized carbons (Fsp3) is 0. The van der Waals surface area contributed by atoms with Crippen LogP contribution in [-0.2, 0) is 0 Å². The standard InChI is InChI=1S/C23H17ClN4O/c24-19-8-4-7-18(13-19)22-14-21(17-5-2-1-3-6-17)26-23(27-22)28-25-15-16-9-11-20(29)12-10-16/h1-15,29H,(H,26,27,28). The van der Waals surface area contributed by atoms with Gasteiger partial charge in [0.25, 0.3) is 0 Å². The molecule has 0 fully saturated rings. The number of nitrogens with zero attached hydrogens (tertiary/aromatic N) is 3. The Kier molecular flexibility index (Phi) is 5.49. The lowest BCUT2D eigenvalue weighted by molar-refractivity contribution is 0.475. The van der Waals surface area contributed by atoms with Crippen LogP contribution in [0.4, 0.5) is 5.95 Å². The zero-order valence-corrected chi connectivity index (χ0v) is 16.1. The maximum absolute atomic E-state index is 9.37. The number of hydrogen-bond donors (Lipinski definition) is 2. The average molecular weight is 401 g/mol. The first kappa shape index (κ1) is 18.7. The Morgan fingerprint density at radius 2 is 1.48 bits per heavy atom. The number of hydrazone groups is 1. The van der Waals surface area contributed by atoms with Gasteiger partial charge in [0.2, 0.25) is 5.95 Å². The maximum atomic E-state index is 9.37. The Balaban J connectivity index is 1.68. The van der Waals surface area contributed by atoms with E-state index in [1.54, 1.807) is 30.5 Å². The van der Waals surface area contributed by atoms with Crippen LogP contribution in [0.3, 0.4) is 0 Å². The molecule has 0 aliphatic rings. The molecule has 0 atom stereocenters. The number of benzene rings is 3. The first-order valence-corrected chi connectivity index (χ1v) is 9.34. The van der Waals surface area contributed by atoms with Gasteiger partial charge >= 0.3 is 0 Å². The van der Waals surface area contributed by atoms with E-state index in [2.05, 4.69) is 20.5 Å². The van der Waals surface area contributed by atoms with E-state index >= 15 is 0 Å². The number of anilines is 1. The molecule has 1 aromatic heterocycles. The van der Waals surface area contributed by atoms with E-state index in [0.717, 1.165) is 28.1 Å². The molecule has 0 saturated heterocycles. The van der Waals surface area contributed by atoms with E-state index in [0.29, 0.717) is 11.0 Å². The van der Waals surface area contributed by atoms with Crippen LogP contribution in [0.15, 0.2) is 90.0 Å². The van der Waals surface area contributed by atoms with Gasteiger partial charge in [0, 0.05) is 16.1 Å². The summed E-state index contributed by atoms with van der Waals surface area (Å²) < 4.78 is 0. The van der Waals surface area contributed by atoms with Crippen molar-refractivity contribution in [1.29, 1.82) is 0 Å². The van der Waals surface area contributed by atoms with Crippen LogP contribution in [0.1, 0.15) is 5.56 Å². The topological polar surface area (TPSA) is 70.4 Å². The second-order valence-corrected chi connectivity index (χ2v) is 6.74. The minimum absolute atomic E-state index is 0.208. The van der Waals surface area contributed by atoms with Crippen LogP contribution >= 0.6 is 11.6 Å². The second kappa shape index (κ2) is 8.54. The van der Waals surface area contributed by atoms with Crippen LogP contribution in [0, 0.1) is 0 Å². The summed E-state index contributed by atoms with van der Waals surface area (Å²) in [6.45, 7) is 0. The molecule has 0 bridgehead atoms. The molecule has 0 aliphatic carbocycles. The van der Waals surface area contributed by atoms with E-state index < -0.39 is 0 Å². The van der Waals surface area contributed by atoms with Gasteiger partial charge in [0.15, 0.2) is 0 Å². The fourth-order valence-electron chi connectivity index (χ4n) is 2.77. The van der Waals surface area contributed by atoms with Crippen molar-refractivity contribution < 1.29 is 5.11 Å². The molecule has 4 aromatic rings. The number of phenols is 1. The van der Waals surface area contributed by atoms with Crippen molar-refractivity contribution in [3.8, 4) is 28.3 Å². The van der Waals surface area contributed by atoms with Crippen LogP contribution < -0.4 is 5.43 Å². The Hall–Kier alpha value is -3.70. The summed E-state index contributed by atoms with van der Waals surface area (Å²) in [4.78, 5) is 9.17. The summed E-state index contributed by atoms with van der Waals surface area (Å²) in [7, 11) is 0. The predicted molar refractivity (Wildman–Crippen MR) is 117 cm³/mol. The third-order valence-electron chi connectivity index (χ3n) is 4.19. The zero-order chi connectivity index (χ0) is 20.1. The van der Waals surface area contributed by atoms with Gasteiger partial charge in [-0.1, -0.05) is 54.1 Å². The molecule has 5 nitrogen and oxygen atoms in total. The van der Waals surface area contributed by atoms with Crippen molar-refractivity contribution in [2.75, 3.05) is 5.43 Å². The van der Waals surface area contributed by atoms with Gasteiger partial charge in [-0.15, -0.1) is 0 Å². The van der Waals surface area contributed by atoms with Crippen LogP contribution in [-0.4, -0.2) is 21.3 Å². The summed E-state index contributed by atoms with van der Waals surface area (Å²) in [5.74, 6) is 0.580. The van der Waals surface area contributed by atoms with Crippen molar-refractivity contribution in [1.82, 2.24) is 9.97 Å². The third kappa shape index (κ3) is 4.78. The Morgan fingerprint density at radius 1 is 0.793 bits per heavy atom. The molecular weight excluding hydrogens is 384 g/mol. The van der Waals surface area contributed by atoms with Crippen LogP contribution in [0.25, 0.3) is 22.5 Å². The summed E-state index contributed by atoms with van der Waals surface area (Å²) >= 11 is 6.15. The van der Waals surface area contributed by atoms with E-state index in [-0.39, 0.29) is 5.75 Å². The van der Waals surface area contributed by atoms with Gasteiger partial charge in [-0.2, -0.15) is 5.10 Å². The third-order valence-corrected chi connectivity index (χ3v) is 4.42. The van der Waals surface area contributed by atoms with Crippen LogP contribution in [0.5, 0.6) is 5.75 Å². The van der Waals surface area contributed by atoms with E-state index in [1.807, 2.05) is 60.7 Å². The first-order chi connectivity index (χ1) is 14.2. The van der Waals surface area contributed by atoms with E-state index in [1.165, 1.54) is 0 Å².